The van der Waals surface area contributed by atoms with Crippen LogP contribution in [0.25, 0.3) is 21.7 Å². The van der Waals surface area contributed by atoms with Crippen LogP contribution in [-0.2, 0) is 0 Å². The lowest BCUT2D eigenvalue weighted by molar-refractivity contribution is 1.41. The first kappa shape index (κ1) is 13.1. The lowest BCUT2D eigenvalue weighted by Crippen LogP contribution is -1.86. The topological polar surface area (TPSA) is 64.9 Å². The minimum absolute atomic E-state index is 0.562. The highest BCUT2D eigenvalue weighted by Crippen LogP contribution is 2.38. The van der Waals surface area contributed by atoms with Gasteiger partial charge in [0, 0.05) is 15.7 Å². The van der Waals surface area contributed by atoms with Gasteiger partial charge in [0.05, 0.1) is 10.6 Å². The summed E-state index contributed by atoms with van der Waals surface area (Å²) in [5, 5.41) is 0.562. The molecule has 0 fully saturated rings. The van der Waals surface area contributed by atoms with E-state index in [0.29, 0.717) is 5.13 Å². The molecule has 3 nitrogen and oxygen atoms in total. The van der Waals surface area contributed by atoms with Gasteiger partial charge in [0.25, 0.3) is 0 Å². The molecule has 20 heavy (non-hydrogen) atoms. The smallest absolute Gasteiger partial charge is 0.181 e. The number of nitrogen functional groups attached to an aromatic ring is 2. The maximum atomic E-state index is 5.89. The molecule has 0 aliphatic carbocycles. The third kappa shape index (κ3) is 2.55. The molecule has 0 amide bonds. The maximum Gasteiger partial charge on any atom is 0.181 e. The van der Waals surface area contributed by atoms with Crippen LogP contribution < -0.4 is 11.5 Å². The molecule has 0 aliphatic rings. The van der Waals surface area contributed by atoms with Gasteiger partial charge in [-0.1, -0.05) is 51.5 Å². The first-order valence-corrected chi connectivity index (χ1v) is 7.62. The number of rotatable bonds is 2. The summed E-state index contributed by atoms with van der Waals surface area (Å²) < 4.78 is 1.02. The molecule has 1 heterocycles. The van der Waals surface area contributed by atoms with Gasteiger partial charge in [-0.25, -0.2) is 4.98 Å². The van der Waals surface area contributed by atoms with Crippen molar-refractivity contribution in [1.29, 1.82) is 0 Å². The molecule has 3 rings (SSSR count). The number of hydrogen-bond donors (Lipinski definition) is 2. The van der Waals surface area contributed by atoms with E-state index in [2.05, 4.69) is 20.9 Å². The van der Waals surface area contributed by atoms with Gasteiger partial charge in [0.1, 0.15) is 0 Å². The quantitative estimate of drug-likeness (QED) is 0.676. The molecule has 2 aromatic carbocycles. The van der Waals surface area contributed by atoms with Gasteiger partial charge < -0.3 is 11.5 Å². The fourth-order valence-corrected chi connectivity index (χ4v) is 3.26. The summed E-state index contributed by atoms with van der Waals surface area (Å²) in [6.45, 7) is 0. The Kier molecular flexibility index (Phi) is 3.46. The Hall–Kier alpha value is -1.85. The fraction of sp³-hybridized carbons (Fsp3) is 0. The van der Waals surface area contributed by atoms with Crippen molar-refractivity contribution in [2.75, 3.05) is 11.5 Å². The minimum Gasteiger partial charge on any atom is -0.399 e. The summed E-state index contributed by atoms with van der Waals surface area (Å²) in [6, 6.07) is 15.8. The van der Waals surface area contributed by atoms with E-state index in [1.165, 1.54) is 11.3 Å². The molecule has 100 valence electrons. The number of aromatic nitrogens is 1. The first-order chi connectivity index (χ1) is 9.63. The predicted octanol–water partition coefficient (Wildman–Crippen LogP) is 4.40. The summed E-state index contributed by atoms with van der Waals surface area (Å²) >= 11 is 4.97. The second kappa shape index (κ2) is 5.26. The standard InChI is InChI=1S/C15H12BrN3S/c16-11-3-1-2-10(8-11)13-14(20-15(18)19-13)9-4-6-12(17)7-5-9/h1-8H,17H2,(H2,18,19). The Balaban J connectivity index is 2.15. The fourth-order valence-electron chi connectivity index (χ4n) is 2.00. The molecule has 5 heteroatoms. The highest BCUT2D eigenvalue weighted by molar-refractivity contribution is 9.10. The summed E-state index contributed by atoms with van der Waals surface area (Å²) in [5.74, 6) is 0. The van der Waals surface area contributed by atoms with Crippen molar-refractivity contribution in [2.45, 2.75) is 0 Å². The minimum atomic E-state index is 0.562. The molecule has 3 aromatic rings. The van der Waals surface area contributed by atoms with Crippen LogP contribution in [0, 0.1) is 0 Å². The van der Waals surface area contributed by atoms with Crippen molar-refractivity contribution >= 4 is 38.1 Å². The monoisotopic (exact) mass is 345 g/mol. The SMILES string of the molecule is Nc1ccc(-c2sc(N)nc2-c2cccc(Br)c2)cc1. The number of halogens is 1. The van der Waals surface area contributed by atoms with Gasteiger partial charge >= 0.3 is 0 Å². The van der Waals surface area contributed by atoms with E-state index in [1.807, 2.05) is 48.5 Å². The number of hydrogen-bond acceptors (Lipinski definition) is 4. The molecule has 0 spiro atoms. The molecule has 0 atom stereocenters. The van der Waals surface area contributed by atoms with Crippen molar-refractivity contribution < 1.29 is 0 Å². The Labute approximate surface area is 129 Å². The van der Waals surface area contributed by atoms with Gasteiger partial charge in [-0.05, 0) is 29.8 Å². The first-order valence-electron chi connectivity index (χ1n) is 6.01. The molecule has 0 aliphatic heterocycles. The second-order valence-electron chi connectivity index (χ2n) is 4.36. The Bertz CT molecular complexity index is 750. The van der Waals surface area contributed by atoms with Crippen LogP contribution in [0.4, 0.5) is 10.8 Å². The molecular formula is C15H12BrN3S. The number of benzene rings is 2. The van der Waals surface area contributed by atoms with Crippen LogP contribution in [0.3, 0.4) is 0 Å². The van der Waals surface area contributed by atoms with E-state index in [1.54, 1.807) is 0 Å². The van der Waals surface area contributed by atoms with Crippen LogP contribution in [0.2, 0.25) is 0 Å². The molecule has 0 saturated heterocycles. The van der Waals surface area contributed by atoms with E-state index in [0.717, 1.165) is 31.9 Å². The average molecular weight is 346 g/mol. The zero-order valence-corrected chi connectivity index (χ0v) is 12.9. The van der Waals surface area contributed by atoms with Crippen molar-refractivity contribution in [3.63, 3.8) is 0 Å². The van der Waals surface area contributed by atoms with Gasteiger partial charge in [0.2, 0.25) is 0 Å². The van der Waals surface area contributed by atoms with Crippen molar-refractivity contribution in [3.8, 4) is 21.7 Å². The maximum absolute atomic E-state index is 5.89. The van der Waals surface area contributed by atoms with E-state index < -0.39 is 0 Å². The number of thiazole rings is 1. The molecule has 0 bridgehead atoms. The van der Waals surface area contributed by atoms with Gasteiger partial charge in [-0.15, -0.1) is 0 Å². The lowest BCUT2D eigenvalue weighted by Gasteiger charge is -2.04. The van der Waals surface area contributed by atoms with Gasteiger partial charge in [0.15, 0.2) is 5.13 Å². The Morgan fingerprint density at radius 3 is 2.40 bits per heavy atom. The highest BCUT2D eigenvalue weighted by atomic mass is 79.9. The third-order valence-electron chi connectivity index (χ3n) is 2.91. The average Bonchev–Trinajstić information content (AvgIpc) is 2.82. The summed E-state index contributed by atoms with van der Waals surface area (Å²) in [5.41, 5.74) is 15.4. The molecular weight excluding hydrogens is 334 g/mol. The zero-order valence-electron chi connectivity index (χ0n) is 10.5. The normalized spacial score (nSPS) is 10.7. The molecule has 4 N–H and O–H groups in total. The molecule has 1 aromatic heterocycles. The van der Waals surface area contributed by atoms with Crippen LogP contribution in [0.5, 0.6) is 0 Å². The number of nitrogens with zero attached hydrogens (tertiary/aromatic N) is 1. The van der Waals surface area contributed by atoms with Crippen LogP contribution >= 0.6 is 27.3 Å². The third-order valence-corrected chi connectivity index (χ3v) is 4.34. The Morgan fingerprint density at radius 2 is 1.70 bits per heavy atom. The summed E-state index contributed by atoms with van der Waals surface area (Å²) in [7, 11) is 0. The van der Waals surface area contributed by atoms with E-state index in [9.17, 15) is 0 Å². The number of anilines is 2. The van der Waals surface area contributed by atoms with E-state index >= 15 is 0 Å². The van der Waals surface area contributed by atoms with Crippen molar-refractivity contribution in [2.24, 2.45) is 0 Å². The van der Waals surface area contributed by atoms with Crippen molar-refractivity contribution in [1.82, 2.24) is 4.98 Å². The number of nitrogens with two attached hydrogens (primary N) is 2. The molecule has 0 saturated carbocycles. The second-order valence-corrected chi connectivity index (χ2v) is 6.31. The van der Waals surface area contributed by atoms with Gasteiger partial charge in [-0.2, -0.15) is 0 Å². The Morgan fingerprint density at radius 1 is 0.950 bits per heavy atom. The molecule has 0 unspecified atom stereocenters. The van der Waals surface area contributed by atoms with Crippen LogP contribution in [0.1, 0.15) is 0 Å². The zero-order chi connectivity index (χ0) is 14.1. The summed E-state index contributed by atoms with van der Waals surface area (Å²) in [4.78, 5) is 5.52. The largest absolute Gasteiger partial charge is 0.399 e. The van der Waals surface area contributed by atoms with Gasteiger partial charge in [-0.3, -0.25) is 0 Å². The predicted molar refractivity (Wildman–Crippen MR) is 89.5 cm³/mol. The molecule has 0 radical (unpaired) electrons. The van der Waals surface area contributed by atoms with Crippen LogP contribution in [-0.4, -0.2) is 4.98 Å². The summed E-state index contributed by atoms with van der Waals surface area (Å²) in [6.07, 6.45) is 0. The highest BCUT2D eigenvalue weighted by Gasteiger charge is 2.13. The lowest BCUT2D eigenvalue weighted by atomic mass is 10.1. The van der Waals surface area contributed by atoms with Crippen molar-refractivity contribution in [3.05, 3.63) is 53.0 Å². The van der Waals surface area contributed by atoms with Crippen LogP contribution in [0.15, 0.2) is 53.0 Å². The van der Waals surface area contributed by atoms with E-state index in [4.69, 9.17) is 11.5 Å². The van der Waals surface area contributed by atoms with E-state index in [-0.39, 0.29) is 0 Å².